The Morgan fingerprint density at radius 3 is 2.92 bits per heavy atom. The van der Waals surface area contributed by atoms with E-state index in [2.05, 4.69) is 20.1 Å². The Hall–Kier alpha value is -1.57. The second-order valence-electron chi connectivity index (χ2n) is 7.15. The fourth-order valence-corrected chi connectivity index (χ4v) is 4.86. The van der Waals surface area contributed by atoms with Gasteiger partial charge in [-0.2, -0.15) is 0 Å². The highest BCUT2D eigenvalue weighted by Crippen LogP contribution is 2.43. The molecule has 0 aliphatic carbocycles. The zero-order valence-corrected chi connectivity index (χ0v) is 16.1. The Labute approximate surface area is 158 Å². The van der Waals surface area contributed by atoms with Crippen molar-refractivity contribution in [3.8, 4) is 0 Å². The molecule has 0 saturated carbocycles. The summed E-state index contributed by atoms with van der Waals surface area (Å²) in [5.41, 5.74) is 1.02. The molecule has 1 spiro atoms. The summed E-state index contributed by atoms with van der Waals surface area (Å²) in [6.45, 7) is 6.24. The number of anilines is 1. The molecule has 1 atom stereocenters. The molecule has 2 aromatic rings. The van der Waals surface area contributed by atoms with Crippen LogP contribution in [0.5, 0.6) is 0 Å². The molecule has 0 bridgehead atoms. The van der Waals surface area contributed by atoms with E-state index in [0.29, 0.717) is 12.5 Å². The number of hydrogen-bond acceptors (Lipinski definition) is 7. The maximum Gasteiger partial charge on any atom is 0.208 e. The SMILES string of the molecule is Cc1nnc(N2CCC3(CC2)OCCC3CCOCc2ccccn2)s1. The average molecular weight is 375 g/mol. The van der Waals surface area contributed by atoms with Crippen LogP contribution in [-0.2, 0) is 16.1 Å². The minimum Gasteiger partial charge on any atom is -0.375 e. The number of rotatable bonds is 6. The van der Waals surface area contributed by atoms with Crippen molar-refractivity contribution in [2.75, 3.05) is 31.2 Å². The summed E-state index contributed by atoms with van der Waals surface area (Å²) >= 11 is 1.68. The number of piperidine rings is 1. The molecule has 1 unspecified atom stereocenters. The van der Waals surface area contributed by atoms with Gasteiger partial charge in [0.15, 0.2) is 0 Å². The van der Waals surface area contributed by atoms with E-state index >= 15 is 0 Å². The Morgan fingerprint density at radius 2 is 2.19 bits per heavy atom. The smallest absolute Gasteiger partial charge is 0.208 e. The molecule has 0 N–H and O–H groups in total. The Kier molecular flexibility index (Phi) is 5.47. The highest BCUT2D eigenvalue weighted by molar-refractivity contribution is 7.15. The zero-order valence-electron chi connectivity index (χ0n) is 15.3. The molecule has 2 aliphatic heterocycles. The van der Waals surface area contributed by atoms with E-state index < -0.39 is 0 Å². The van der Waals surface area contributed by atoms with E-state index in [-0.39, 0.29) is 5.60 Å². The van der Waals surface area contributed by atoms with E-state index in [4.69, 9.17) is 9.47 Å². The molecule has 4 heterocycles. The summed E-state index contributed by atoms with van der Waals surface area (Å²) in [6.07, 6.45) is 6.15. The van der Waals surface area contributed by atoms with Crippen LogP contribution in [0, 0.1) is 12.8 Å². The first-order valence-electron chi connectivity index (χ1n) is 9.42. The van der Waals surface area contributed by atoms with Crippen LogP contribution >= 0.6 is 11.3 Å². The van der Waals surface area contributed by atoms with Crippen LogP contribution in [0.1, 0.15) is 36.4 Å². The van der Waals surface area contributed by atoms with Crippen molar-refractivity contribution in [1.82, 2.24) is 15.2 Å². The molecular formula is C19H26N4O2S. The van der Waals surface area contributed by atoms with Gasteiger partial charge in [-0.25, -0.2) is 0 Å². The van der Waals surface area contributed by atoms with Gasteiger partial charge in [0.1, 0.15) is 5.01 Å². The first kappa shape index (κ1) is 17.8. The van der Waals surface area contributed by atoms with Gasteiger partial charge in [0.25, 0.3) is 0 Å². The number of aryl methyl sites for hydroxylation is 1. The number of hydrogen-bond donors (Lipinski definition) is 0. The highest BCUT2D eigenvalue weighted by atomic mass is 32.1. The molecule has 2 fully saturated rings. The summed E-state index contributed by atoms with van der Waals surface area (Å²) in [5.74, 6) is 0.588. The fraction of sp³-hybridized carbons (Fsp3) is 0.632. The summed E-state index contributed by atoms with van der Waals surface area (Å²) in [6, 6.07) is 5.93. The molecule has 0 amide bonds. The normalized spacial score (nSPS) is 22.2. The van der Waals surface area contributed by atoms with Crippen molar-refractivity contribution in [2.24, 2.45) is 5.92 Å². The van der Waals surface area contributed by atoms with Gasteiger partial charge in [0, 0.05) is 32.5 Å². The molecule has 26 heavy (non-hydrogen) atoms. The Morgan fingerprint density at radius 1 is 1.31 bits per heavy atom. The first-order valence-corrected chi connectivity index (χ1v) is 10.2. The molecule has 0 aromatic carbocycles. The number of nitrogens with zero attached hydrogens (tertiary/aromatic N) is 4. The van der Waals surface area contributed by atoms with E-state index in [1.54, 1.807) is 11.3 Å². The molecule has 2 aromatic heterocycles. The summed E-state index contributed by atoms with van der Waals surface area (Å²) < 4.78 is 12.1. The molecule has 7 heteroatoms. The van der Waals surface area contributed by atoms with E-state index in [1.165, 1.54) is 0 Å². The molecule has 4 rings (SSSR count). The maximum absolute atomic E-state index is 6.27. The highest BCUT2D eigenvalue weighted by Gasteiger charge is 2.46. The minimum absolute atomic E-state index is 0.0323. The van der Waals surface area contributed by atoms with Gasteiger partial charge >= 0.3 is 0 Å². The third-order valence-electron chi connectivity index (χ3n) is 5.58. The third-order valence-corrected chi connectivity index (χ3v) is 6.48. The second kappa shape index (κ2) is 7.98. The van der Waals surface area contributed by atoms with Gasteiger partial charge in [-0.05, 0) is 50.7 Å². The predicted octanol–water partition coefficient (Wildman–Crippen LogP) is 3.22. The monoisotopic (exact) mass is 374 g/mol. The number of aromatic nitrogens is 3. The van der Waals surface area contributed by atoms with Crippen molar-refractivity contribution in [3.63, 3.8) is 0 Å². The molecule has 2 aliphatic rings. The number of pyridine rings is 1. The summed E-state index contributed by atoms with van der Waals surface area (Å²) in [4.78, 5) is 6.66. The second-order valence-corrected chi connectivity index (χ2v) is 8.31. The lowest BCUT2D eigenvalue weighted by Gasteiger charge is -2.42. The van der Waals surface area contributed by atoms with Crippen LogP contribution in [0.3, 0.4) is 0 Å². The molecular weight excluding hydrogens is 348 g/mol. The average Bonchev–Trinajstić information content (AvgIpc) is 3.27. The lowest BCUT2D eigenvalue weighted by Crippen LogP contribution is -2.48. The zero-order chi connectivity index (χ0) is 17.8. The van der Waals surface area contributed by atoms with Gasteiger partial charge in [-0.1, -0.05) is 17.4 Å². The lowest BCUT2D eigenvalue weighted by molar-refractivity contribution is -0.0476. The van der Waals surface area contributed by atoms with Gasteiger partial charge < -0.3 is 14.4 Å². The van der Waals surface area contributed by atoms with Crippen LogP contribution in [0.15, 0.2) is 24.4 Å². The van der Waals surface area contributed by atoms with Crippen LogP contribution in [0.4, 0.5) is 5.13 Å². The minimum atomic E-state index is 0.0323. The van der Waals surface area contributed by atoms with E-state index in [0.717, 1.165) is 67.8 Å². The predicted molar refractivity (Wildman–Crippen MR) is 101 cm³/mol. The molecule has 6 nitrogen and oxygen atoms in total. The lowest BCUT2D eigenvalue weighted by atomic mass is 9.78. The van der Waals surface area contributed by atoms with Gasteiger partial charge in [0.2, 0.25) is 5.13 Å². The molecule has 0 radical (unpaired) electrons. The van der Waals surface area contributed by atoms with Gasteiger partial charge in [0.05, 0.1) is 17.9 Å². The standard InChI is InChI=1S/C19H26N4O2S/c1-15-21-22-18(26-15)23-10-7-19(8-11-23)16(6-13-25-19)5-12-24-14-17-4-2-3-9-20-17/h2-4,9,16H,5-8,10-14H2,1H3. The topological polar surface area (TPSA) is 60.4 Å². The molecule has 140 valence electrons. The largest absolute Gasteiger partial charge is 0.375 e. The van der Waals surface area contributed by atoms with Crippen molar-refractivity contribution in [2.45, 2.75) is 44.8 Å². The third kappa shape index (κ3) is 3.89. The molecule has 2 saturated heterocycles. The first-order chi connectivity index (χ1) is 12.8. The maximum atomic E-state index is 6.27. The quantitative estimate of drug-likeness (QED) is 0.724. The van der Waals surface area contributed by atoms with Crippen LogP contribution < -0.4 is 4.90 Å². The van der Waals surface area contributed by atoms with Crippen molar-refractivity contribution < 1.29 is 9.47 Å². The van der Waals surface area contributed by atoms with Crippen LogP contribution in [-0.4, -0.2) is 47.1 Å². The van der Waals surface area contributed by atoms with Crippen molar-refractivity contribution >= 4 is 16.5 Å². The van der Waals surface area contributed by atoms with Crippen molar-refractivity contribution in [3.05, 3.63) is 35.1 Å². The Balaban J connectivity index is 1.27. The van der Waals surface area contributed by atoms with E-state index in [1.807, 2.05) is 31.3 Å². The van der Waals surface area contributed by atoms with Gasteiger partial charge in [-0.15, -0.1) is 10.2 Å². The fourth-order valence-electron chi connectivity index (χ4n) is 4.12. The number of ether oxygens (including phenoxy) is 2. The summed E-state index contributed by atoms with van der Waals surface area (Å²) in [7, 11) is 0. The van der Waals surface area contributed by atoms with Crippen molar-refractivity contribution in [1.29, 1.82) is 0 Å². The summed E-state index contributed by atoms with van der Waals surface area (Å²) in [5, 5.41) is 10.5. The van der Waals surface area contributed by atoms with Crippen LogP contribution in [0.25, 0.3) is 0 Å². The van der Waals surface area contributed by atoms with Gasteiger partial charge in [-0.3, -0.25) is 4.98 Å². The van der Waals surface area contributed by atoms with E-state index in [9.17, 15) is 0 Å². The Bertz CT molecular complexity index is 701. The van der Waals surface area contributed by atoms with Crippen LogP contribution in [0.2, 0.25) is 0 Å².